The van der Waals surface area contributed by atoms with Gasteiger partial charge in [0.1, 0.15) is 21.3 Å². The highest BCUT2D eigenvalue weighted by Gasteiger charge is 2.42. The molecule has 2 N–H and O–H groups in total. The lowest BCUT2D eigenvalue weighted by Gasteiger charge is -2.38. The highest BCUT2D eigenvalue weighted by molar-refractivity contribution is 7.92. The number of hydrogen-bond acceptors (Lipinski definition) is 8. The van der Waals surface area contributed by atoms with E-state index >= 15 is 4.39 Å². The quantitative estimate of drug-likeness (QED) is 0.599. The first-order valence-corrected chi connectivity index (χ1v) is 12.4. The third kappa shape index (κ3) is 3.95. The molecule has 2 aliphatic rings. The third-order valence-corrected chi connectivity index (χ3v) is 8.46. The Morgan fingerprint density at radius 1 is 1.24 bits per heavy atom. The molecule has 0 fully saturated rings. The van der Waals surface area contributed by atoms with Crippen molar-refractivity contribution in [2.24, 2.45) is 15.1 Å². The summed E-state index contributed by atoms with van der Waals surface area (Å²) in [5, 5.41) is 4.42. The summed E-state index contributed by atoms with van der Waals surface area (Å²) in [7, 11) is -2.83. The lowest BCUT2D eigenvalue weighted by molar-refractivity contribution is 0.433. The van der Waals surface area contributed by atoms with Crippen molar-refractivity contribution in [2.45, 2.75) is 25.3 Å². The van der Waals surface area contributed by atoms with Gasteiger partial charge < -0.3 is 10.3 Å². The molecule has 2 aliphatic heterocycles. The highest BCUT2D eigenvalue weighted by atomic mass is 35.5. The number of benzene rings is 1. The van der Waals surface area contributed by atoms with Crippen LogP contribution in [0.2, 0.25) is 5.02 Å². The topological polar surface area (TPSA) is 123 Å². The Balaban J connectivity index is 1.55. The number of fused-ring (bicyclic) bond motifs is 1. The van der Waals surface area contributed by atoms with Crippen molar-refractivity contribution in [3.63, 3.8) is 0 Å². The smallest absolute Gasteiger partial charge is 0.204 e. The van der Waals surface area contributed by atoms with Gasteiger partial charge in [-0.05, 0) is 38.0 Å². The van der Waals surface area contributed by atoms with Crippen LogP contribution in [0.1, 0.15) is 25.3 Å². The van der Waals surface area contributed by atoms with E-state index in [1.807, 2.05) is 0 Å². The molecule has 0 amide bonds. The van der Waals surface area contributed by atoms with Crippen LogP contribution >= 0.6 is 11.6 Å². The van der Waals surface area contributed by atoms with Crippen molar-refractivity contribution in [1.29, 1.82) is 0 Å². The highest BCUT2D eigenvalue weighted by Crippen LogP contribution is 2.37. The molecule has 172 valence electrons. The van der Waals surface area contributed by atoms with Crippen molar-refractivity contribution in [3.8, 4) is 22.8 Å². The van der Waals surface area contributed by atoms with E-state index in [4.69, 9.17) is 21.9 Å². The Hall–Kier alpha value is -3.05. The van der Waals surface area contributed by atoms with Gasteiger partial charge in [0.15, 0.2) is 17.3 Å². The van der Waals surface area contributed by atoms with Gasteiger partial charge in [0.05, 0.1) is 17.3 Å². The zero-order chi connectivity index (χ0) is 23.2. The predicted molar refractivity (Wildman–Crippen MR) is 123 cm³/mol. The standard InChI is InChI=1S/C21H21ClFN7O2S/c1-21(12-33(31)27-6-2-3-7-30(33)20(24)28-21)15-8-13(4-5-16(15)23)18-9-17(29-32-18)19-25-10-14(22)11-26-19/h4-5,8-11H,2-3,6-7,12H2,1H3,(H2,24,28)/t21-,33+/m0/s1. The summed E-state index contributed by atoms with van der Waals surface area (Å²) in [6, 6.07) is 6.18. The van der Waals surface area contributed by atoms with Gasteiger partial charge in [-0.25, -0.2) is 27.9 Å². The molecular formula is C21H21ClFN7O2S. The predicted octanol–water partition coefficient (Wildman–Crippen LogP) is 3.61. The number of guanidine groups is 1. The maximum atomic E-state index is 15.1. The molecule has 0 unspecified atom stereocenters. The van der Waals surface area contributed by atoms with Gasteiger partial charge in [0, 0.05) is 36.1 Å². The van der Waals surface area contributed by atoms with E-state index in [-0.39, 0.29) is 17.3 Å². The van der Waals surface area contributed by atoms with Crippen molar-refractivity contribution < 1.29 is 13.1 Å². The summed E-state index contributed by atoms with van der Waals surface area (Å²) in [4.78, 5) is 12.8. The maximum absolute atomic E-state index is 15.1. The lowest BCUT2D eigenvalue weighted by Crippen LogP contribution is -2.52. The van der Waals surface area contributed by atoms with Crippen LogP contribution in [0.4, 0.5) is 4.39 Å². The molecule has 0 bridgehead atoms. The van der Waals surface area contributed by atoms with Crippen LogP contribution in [0.25, 0.3) is 22.8 Å². The monoisotopic (exact) mass is 489 g/mol. The second-order valence-electron chi connectivity index (χ2n) is 8.15. The minimum absolute atomic E-state index is 0.0430. The Kier molecular flexibility index (Phi) is 5.32. The summed E-state index contributed by atoms with van der Waals surface area (Å²) in [6.07, 6.45) is 4.57. The van der Waals surface area contributed by atoms with Gasteiger partial charge in [0.2, 0.25) is 5.96 Å². The summed E-state index contributed by atoms with van der Waals surface area (Å²) in [6.45, 7) is 2.72. The Bertz CT molecular complexity index is 1370. The van der Waals surface area contributed by atoms with Crippen LogP contribution < -0.4 is 5.73 Å². The first-order valence-electron chi connectivity index (χ1n) is 10.4. The SMILES string of the molecule is C[C@@]1(c2cc(-c3cc(-c4ncc(Cl)cn4)no3)ccc2F)C[S@@]2(=O)=NCCCCN2C(N)=N1. The normalized spacial score (nSPS) is 25.1. The molecule has 3 aromatic rings. The minimum Gasteiger partial charge on any atom is -0.369 e. The van der Waals surface area contributed by atoms with Crippen LogP contribution in [0.3, 0.4) is 0 Å². The van der Waals surface area contributed by atoms with Crippen LogP contribution in [0.15, 0.2) is 50.5 Å². The third-order valence-electron chi connectivity index (χ3n) is 5.68. The van der Waals surface area contributed by atoms with Crippen LogP contribution in [0, 0.1) is 5.82 Å². The zero-order valence-electron chi connectivity index (χ0n) is 17.7. The van der Waals surface area contributed by atoms with Crippen molar-refractivity contribution >= 4 is 27.5 Å². The second kappa shape index (κ2) is 8.07. The van der Waals surface area contributed by atoms with Crippen molar-refractivity contribution in [2.75, 3.05) is 18.8 Å². The molecule has 33 heavy (non-hydrogen) atoms. The zero-order valence-corrected chi connectivity index (χ0v) is 19.3. The van der Waals surface area contributed by atoms with Crippen LogP contribution in [-0.4, -0.2) is 48.4 Å². The van der Waals surface area contributed by atoms with Gasteiger partial charge in [0.25, 0.3) is 0 Å². The van der Waals surface area contributed by atoms with E-state index in [1.54, 1.807) is 29.4 Å². The van der Waals surface area contributed by atoms with Gasteiger partial charge in [-0.3, -0.25) is 4.31 Å². The number of nitrogens with two attached hydrogens (primary N) is 1. The van der Waals surface area contributed by atoms with Crippen LogP contribution in [-0.2, 0) is 15.5 Å². The summed E-state index contributed by atoms with van der Waals surface area (Å²) in [5.74, 6) is 0.419. The molecule has 1 aromatic carbocycles. The first-order chi connectivity index (χ1) is 15.8. The Labute approximate surface area is 195 Å². The molecule has 9 nitrogen and oxygen atoms in total. The number of aliphatic imine (C=N–C) groups is 1. The average molecular weight is 490 g/mol. The molecule has 2 aromatic heterocycles. The molecule has 0 spiro atoms. The number of aromatic nitrogens is 3. The van der Waals surface area contributed by atoms with E-state index < -0.39 is 21.3 Å². The number of nitrogens with zero attached hydrogens (tertiary/aromatic N) is 6. The molecule has 0 radical (unpaired) electrons. The molecule has 12 heteroatoms. The number of hydrogen-bond donors (Lipinski definition) is 1. The van der Waals surface area contributed by atoms with Crippen LogP contribution in [0.5, 0.6) is 0 Å². The summed E-state index contributed by atoms with van der Waals surface area (Å²) in [5.41, 5.74) is 6.28. The fourth-order valence-electron chi connectivity index (χ4n) is 4.07. The first kappa shape index (κ1) is 21.8. The second-order valence-corrected chi connectivity index (χ2v) is 10.8. The van der Waals surface area contributed by atoms with E-state index in [0.29, 0.717) is 41.0 Å². The number of halogens is 2. The molecular weight excluding hydrogens is 469 g/mol. The van der Waals surface area contributed by atoms with Crippen molar-refractivity contribution in [3.05, 3.63) is 53.1 Å². The van der Waals surface area contributed by atoms with Gasteiger partial charge in [-0.2, -0.15) is 0 Å². The summed E-state index contributed by atoms with van der Waals surface area (Å²) >= 11 is 5.84. The molecule has 4 heterocycles. The number of rotatable bonds is 3. The largest absolute Gasteiger partial charge is 0.369 e. The Morgan fingerprint density at radius 3 is 2.82 bits per heavy atom. The molecule has 5 rings (SSSR count). The summed E-state index contributed by atoms with van der Waals surface area (Å²) < 4.78 is 40.2. The fraction of sp³-hybridized carbons (Fsp3) is 0.333. The van der Waals surface area contributed by atoms with E-state index in [2.05, 4.69) is 24.5 Å². The average Bonchev–Trinajstić information content (AvgIpc) is 3.17. The molecule has 0 aliphatic carbocycles. The minimum atomic E-state index is -2.83. The van der Waals surface area contributed by atoms with Crippen molar-refractivity contribution in [1.82, 2.24) is 19.4 Å². The van der Waals surface area contributed by atoms with Gasteiger partial charge >= 0.3 is 0 Å². The lowest BCUT2D eigenvalue weighted by atomic mass is 9.92. The Morgan fingerprint density at radius 2 is 2.03 bits per heavy atom. The van der Waals surface area contributed by atoms with E-state index in [0.717, 1.165) is 12.8 Å². The van der Waals surface area contributed by atoms with E-state index in [1.165, 1.54) is 18.5 Å². The van der Waals surface area contributed by atoms with Gasteiger partial charge in [-0.15, -0.1) is 0 Å². The molecule has 0 saturated heterocycles. The molecule has 0 saturated carbocycles. The molecule has 2 atom stereocenters. The maximum Gasteiger partial charge on any atom is 0.204 e. The van der Waals surface area contributed by atoms with E-state index in [9.17, 15) is 4.21 Å². The fourth-order valence-corrected chi connectivity index (χ4v) is 6.67. The van der Waals surface area contributed by atoms with Gasteiger partial charge in [-0.1, -0.05) is 16.8 Å².